The minimum absolute atomic E-state index is 0.173. The van der Waals surface area contributed by atoms with Crippen LogP contribution in [0.5, 0.6) is 0 Å². The van der Waals surface area contributed by atoms with Crippen LogP contribution in [-0.4, -0.2) is 34.7 Å². The number of aliphatic hydroxyl groups excluding tert-OH is 1. The molecule has 1 aromatic rings. The zero-order valence-corrected chi connectivity index (χ0v) is 14.3. The summed E-state index contributed by atoms with van der Waals surface area (Å²) in [6.45, 7) is 8.22. The zero-order chi connectivity index (χ0) is 15.7. The van der Waals surface area contributed by atoms with E-state index in [0.29, 0.717) is 23.4 Å². The summed E-state index contributed by atoms with van der Waals surface area (Å²) < 4.78 is 0. The summed E-state index contributed by atoms with van der Waals surface area (Å²) in [6.07, 6.45) is 5.76. The fraction of sp³-hybridized carbons (Fsp3) is 0.700. The van der Waals surface area contributed by atoms with Crippen LogP contribution in [0.15, 0.2) is 30.3 Å². The lowest BCUT2D eigenvalue weighted by molar-refractivity contribution is -0.0141. The van der Waals surface area contributed by atoms with Crippen molar-refractivity contribution in [3.05, 3.63) is 35.9 Å². The second kappa shape index (κ2) is 6.33. The molecular weight excluding hydrogens is 270 g/mol. The molecule has 1 saturated carbocycles. The van der Waals surface area contributed by atoms with E-state index in [2.05, 4.69) is 56.0 Å². The van der Waals surface area contributed by atoms with Crippen LogP contribution < -0.4 is 0 Å². The van der Waals surface area contributed by atoms with Gasteiger partial charge >= 0.3 is 0 Å². The highest BCUT2D eigenvalue weighted by atomic mass is 16.3. The van der Waals surface area contributed by atoms with Gasteiger partial charge in [-0.05, 0) is 49.1 Å². The van der Waals surface area contributed by atoms with Gasteiger partial charge in [-0.1, -0.05) is 57.5 Å². The molecule has 1 heterocycles. The van der Waals surface area contributed by atoms with Gasteiger partial charge < -0.3 is 5.11 Å². The Balaban J connectivity index is 1.76. The molecule has 122 valence electrons. The number of hydrogen-bond donors (Lipinski definition) is 1. The van der Waals surface area contributed by atoms with Crippen LogP contribution in [0, 0.1) is 5.41 Å². The van der Waals surface area contributed by atoms with Gasteiger partial charge in [0, 0.05) is 12.1 Å². The molecule has 1 aromatic carbocycles. The Hall–Kier alpha value is -0.860. The second-order valence-corrected chi connectivity index (χ2v) is 8.33. The number of nitrogens with zero attached hydrogens (tertiary/aromatic N) is 1. The lowest BCUT2D eigenvalue weighted by atomic mass is 9.79. The molecule has 2 aliphatic rings. The van der Waals surface area contributed by atoms with E-state index in [1.54, 1.807) is 0 Å². The lowest BCUT2D eigenvalue weighted by Crippen LogP contribution is -2.54. The van der Waals surface area contributed by atoms with Crippen molar-refractivity contribution in [2.75, 3.05) is 6.54 Å². The largest absolute Gasteiger partial charge is 0.391 e. The molecule has 1 N–H and O–H groups in total. The third-order valence-corrected chi connectivity index (χ3v) is 5.74. The van der Waals surface area contributed by atoms with E-state index in [0.717, 1.165) is 19.4 Å². The number of benzene rings is 1. The Morgan fingerprint density at radius 3 is 2.45 bits per heavy atom. The first-order chi connectivity index (χ1) is 10.5. The minimum atomic E-state index is -0.173. The molecule has 2 fully saturated rings. The summed E-state index contributed by atoms with van der Waals surface area (Å²) in [7, 11) is 0. The fourth-order valence-corrected chi connectivity index (χ4v) is 4.63. The number of hydrogen-bond acceptors (Lipinski definition) is 2. The maximum absolute atomic E-state index is 10.7. The summed E-state index contributed by atoms with van der Waals surface area (Å²) in [5.41, 5.74) is 1.69. The SMILES string of the molecule is CC(C)(C)C1CCCCN1C1CC(c2ccccc2)CC1O. The summed E-state index contributed by atoms with van der Waals surface area (Å²) in [6, 6.07) is 11.7. The smallest absolute Gasteiger partial charge is 0.0701 e. The summed E-state index contributed by atoms with van der Waals surface area (Å²) in [5, 5.41) is 10.7. The molecule has 4 unspecified atom stereocenters. The monoisotopic (exact) mass is 301 g/mol. The van der Waals surface area contributed by atoms with E-state index in [4.69, 9.17) is 0 Å². The van der Waals surface area contributed by atoms with Crippen molar-refractivity contribution in [3.63, 3.8) is 0 Å². The number of likely N-dealkylation sites (tertiary alicyclic amines) is 1. The van der Waals surface area contributed by atoms with E-state index in [-0.39, 0.29) is 6.10 Å². The van der Waals surface area contributed by atoms with Gasteiger partial charge in [0.2, 0.25) is 0 Å². The van der Waals surface area contributed by atoms with Gasteiger partial charge in [-0.25, -0.2) is 0 Å². The molecule has 0 aromatic heterocycles. The standard InChI is InChI=1S/C20H31NO/c1-20(2,3)19-11-7-8-12-21(19)17-13-16(14-18(17)22)15-9-5-4-6-10-15/h4-6,9-10,16-19,22H,7-8,11-14H2,1-3H3. The quantitative estimate of drug-likeness (QED) is 0.885. The van der Waals surface area contributed by atoms with Crippen LogP contribution in [-0.2, 0) is 0 Å². The third-order valence-electron chi connectivity index (χ3n) is 5.74. The van der Waals surface area contributed by atoms with Gasteiger partial charge in [-0.3, -0.25) is 4.90 Å². The lowest BCUT2D eigenvalue weighted by Gasteiger charge is -2.47. The normalized spacial score (nSPS) is 34.0. The first-order valence-corrected chi connectivity index (χ1v) is 8.95. The highest BCUT2D eigenvalue weighted by Gasteiger charge is 2.43. The Morgan fingerprint density at radius 1 is 1.05 bits per heavy atom. The van der Waals surface area contributed by atoms with Crippen molar-refractivity contribution in [2.45, 2.75) is 77.0 Å². The van der Waals surface area contributed by atoms with E-state index in [9.17, 15) is 5.11 Å². The molecule has 1 saturated heterocycles. The molecule has 2 nitrogen and oxygen atoms in total. The first-order valence-electron chi connectivity index (χ1n) is 8.95. The van der Waals surface area contributed by atoms with E-state index >= 15 is 0 Å². The first kappa shape index (κ1) is 16.0. The molecule has 4 atom stereocenters. The summed E-state index contributed by atoms with van der Waals surface area (Å²) >= 11 is 0. The topological polar surface area (TPSA) is 23.5 Å². The predicted molar refractivity (Wildman–Crippen MR) is 92.0 cm³/mol. The van der Waals surface area contributed by atoms with Crippen molar-refractivity contribution in [1.29, 1.82) is 0 Å². The molecule has 3 rings (SSSR count). The number of piperidine rings is 1. The van der Waals surface area contributed by atoms with Crippen molar-refractivity contribution < 1.29 is 5.11 Å². The Kier molecular flexibility index (Phi) is 4.61. The van der Waals surface area contributed by atoms with Crippen molar-refractivity contribution in [3.8, 4) is 0 Å². The molecule has 2 heteroatoms. The van der Waals surface area contributed by atoms with Crippen LogP contribution in [0.3, 0.4) is 0 Å². The van der Waals surface area contributed by atoms with Crippen molar-refractivity contribution in [1.82, 2.24) is 4.90 Å². The molecule has 0 bridgehead atoms. The van der Waals surface area contributed by atoms with Crippen LogP contribution in [0.1, 0.15) is 64.4 Å². The van der Waals surface area contributed by atoms with Crippen molar-refractivity contribution >= 4 is 0 Å². The van der Waals surface area contributed by atoms with E-state index in [1.807, 2.05) is 0 Å². The van der Waals surface area contributed by atoms with Crippen LogP contribution >= 0.6 is 0 Å². The van der Waals surface area contributed by atoms with E-state index in [1.165, 1.54) is 24.8 Å². The number of rotatable bonds is 2. The van der Waals surface area contributed by atoms with Crippen molar-refractivity contribution in [2.24, 2.45) is 5.41 Å². The van der Waals surface area contributed by atoms with Gasteiger partial charge in [0.05, 0.1) is 6.10 Å². The maximum atomic E-state index is 10.7. The number of aliphatic hydroxyl groups is 1. The third kappa shape index (κ3) is 3.23. The maximum Gasteiger partial charge on any atom is 0.0701 e. The fourth-order valence-electron chi connectivity index (χ4n) is 4.63. The molecule has 22 heavy (non-hydrogen) atoms. The van der Waals surface area contributed by atoms with Gasteiger partial charge in [0.1, 0.15) is 0 Å². The Morgan fingerprint density at radius 2 is 1.77 bits per heavy atom. The molecule has 1 aliphatic carbocycles. The molecule has 1 aliphatic heterocycles. The predicted octanol–water partition coefficient (Wildman–Crippen LogP) is 4.19. The zero-order valence-electron chi connectivity index (χ0n) is 14.3. The Labute approximate surface area is 135 Å². The Bertz CT molecular complexity index is 478. The second-order valence-electron chi connectivity index (χ2n) is 8.33. The summed E-state index contributed by atoms with van der Waals surface area (Å²) in [5.74, 6) is 0.517. The highest BCUT2D eigenvalue weighted by Crippen LogP contribution is 2.42. The summed E-state index contributed by atoms with van der Waals surface area (Å²) in [4.78, 5) is 2.65. The van der Waals surface area contributed by atoms with Gasteiger partial charge in [0.15, 0.2) is 0 Å². The van der Waals surface area contributed by atoms with Crippen LogP contribution in [0.2, 0.25) is 0 Å². The van der Waals surface area contributed by atoms with Crippen LogP contribution in [0.25, 0.3) is 0 Å². The highest BCUT2D eigenvalue weighted by molar-refractivity contribution is 5.22. The minimum Gasteiger partial charge on any atom is -0.391 e. The van der Waals surface area contributed by atoms with E-state index < -0.39 is 0 Å². The van der Waals surface area contributed by atoms with Gasteiger partial charge in [-0.15, -0.1) is 0 Å². The molecule has 0 amide bonds. The molecule has 0 spiro atoms. The average Bonchev–Trinajstić information content (AvgIpc) is 2.89. The molecule has 0 radical (unpaired) electrons. The van der Waals surface area contributed by atoms with Gasteiger partial charge in [0.25, 0.3) is 0 Å². The van der Waals surface area contributed by atoms with Crippen LogP contribution in [0.4, 0.5) is 0 Å². The molecular formula is C20H31NO. The average molecular weight is 301 g/mol. The van der Waals surface area contributed by atoms with Gasteiger partial charge in [-0.2, -0.15) is 0 Å².